The van der Waals surface area contributed by atoms with E-state index in [1.54, 1.807) is 0 Å². The largest absolute Gasteiger partial charge is 0.460 e. The highest BCUT2D eigenvalue weighted by Gasteiger charge is 2.76. The Morgan fingerprint density at radius 2 is 1.45 bits per heavy atom. The summed E-state index contributed by atoms with van der Waals surface area (Å²) in [6, 6.07) is 2.63. The molecule has 0 aromatic heterocycles. The Balaban J connectivity index is 3.32. The smallest absolute Gasteiger partial charge is 0.434 e. The number of ketones is 1. The molecule has 0 aliphatic carbocycles. The summed E-state index contributed by atoms with van der Waals surface area (Å²) in [5.41, 5.74) is -1.53. The van der Waals surface area contributed by atoms with E-state index in [0.717, 1.165) is 12.1 Å². The standard InChI is InChI=1S/C11H5F9O2/c12-8(13)22-6-4-2-1-3-5(6)7(21)9(14,15)10(16,17)11(18,19)20/h1-4,8H. The van der Waals surface area contributed by atoms with Crippen LogP contribution in [0.4, 0.5) is 39.5 Å². The molecule has 0 amide bonds. The Morgan fingerprint density at radius 1 is 0.955 bits per heavy atom. The van der Waals surface area contributed by atoms with Gasteiger partial charge in [0.25, 0.3) is 0 Å². The Bertz CT molecular complexity index is 551. The molecule has 11 heteroatoms. The first kappa shape index (κ1) is 18.1. The normalized spacial score (nSPS) is 13.4. The Kier molecular flexibility index (Phi) is 4.68. The summed E-state index contributed by atoms with van der Waals surface area (Å²) >= 11 is 0. The number of ether oxygens (including phenoxy) is 1. The molecule has 1 aromatic carbocycles. The molecule has 0 aliphatic heterocycles. The van der Waals surface area contributed by atoms with Gasteiger partial charge in [-0.1, -0.05) is 12.1 Å². The van der Waals surface area contributed by atoms with Crippen molar-refractivity contribution in [3.05, 3.63) is 29.8 Å². The predicted molar refractivity (Wildman–Crippen MR) is 53.4 cm³/mol. The number of hydrogen-bond donors (Lipinski definition) is 0. The maximum absolute atomic E-state index is 13.2. The third kappa shape index (κ3) is 3.12. The van der Waals surface area contributed by atoms with Crippen LogP contribution in [0.5, 0.6) is 5.75 Å². The van der Waals surface area contributed by atoms with Crippen LogP contribution in [0.15, 0.2) is 24.3 Å². The third-order valence-electron chi connectivity index (χ3n) is 2.38. The minimum Gasteiger partial charge on any atom is -0.434 e. The van der Waals surface area contributed by atoms with Crippen molar-refractivity contribution in [3.63, 3.8) is 0 Å². The van der Waals surface area contributed by atoms with Crippen molar-refractivity contribution in [2.45, 2.75) is 24.6 Å². The third-order valence-corrected chi connectivity index (χ3v) is 2.38. The highest BCUT2D eigenvalue weighted by atomic mass is 19.4. The number of Topliss-reactive ketones (excluding diaryl/α,β-unsaturated/α-hetero) is 1. The van der Waals surface area contributed by atoms with Crippen LogP contribution in [-0.2, 0) is 0 Å². The van der Waals surface area contributed by atoms with Crippen LogP contribution in [0.25, 0.3) is 0 Å². The molecule has 0 bridgehead atoms. The van der Waals surface area contributed by atoms with E-state index in [0.29, 0.717) is 12.1 Å². The highest BCUT2D eigenvalue weighted by molar-refractivity contribution is 6.04. The van der Waals surface area contributed by atoms with Gasteiger partial charge in [-0.15, -0.1) is 0 Å². The lowest BCUT2D eigenvalue weighted by atomic mass is 9.99. The zero-order chi connectivity index (χ0) is 17.3. The lowest BCUT2D eigenvalue weighted by Gasteiger charge is -2.27. The van der Waals surface area contributed by atoms with E-state index >= 15 is 0 Å². The Hall–Kier alpha value is -1.94. The summed E-state index contributed by atoms with van der Waals surface area (Å²) in [5, 5.41) is 0. The van der Waals surface area contributed by atoms with E-state index in [-0.39, 0.29) is 0 Å². The fourth-order valence-corrected chi connectivity index (χ4v) is 1.34. The van der Waals surface area contributed by atoms with Crippen molar-refractivity contribution in [3.8, 4) is 5.75 Å². The van der Waals surface area contributed by atoms with Gasteiger partial charge in [-0.2, -0.15) is 39.5 Å². The van der Waals surface area contributed by atoms with Crippen LogP contribution in [0, 0.1) is 0 Å². The first-order valence-electron chi connectivity index (χ1n) is 5.23. The average Bonchev–Trinajstić information content (AvgIpc) is 2.36. The zero-order valence-corrected chi connectivity index (χ0v) is 10.1. The molecule has 0 heterocycles. The predicted octanol–water partition coefficient (Wildman–Crippen LogP) is 4.30. The molecular formula is C11H5F9O2. The number of alkyl halides is 9. The minimum absolute atomic E-state index is 0.362. The molecule has 1 aromatic rings. The zero-order valence-electron chi connectivity index (χ0n) is 10.1. The second-order valence-corrected chi connectivity index (χ2v) is 3.85. The summed E-state index contributed by atoms with van der Waals surface area (Å²) in [6.45, 7) is -3.61. The van der Waals surface area contributed by atoms with Crippen molar-refractivity contribution < 1.29 is 49.0 Å². The van der Waals surface area contributed by atoms with Gasteiger partial charge in [0.15, 0.2) is 0 Å². The van der Waals surface area contributed by atoms with Gasteiger partial charge in [-0.3, -0.25) is 4.79 Å². The SMILES string of the molecule is O=C(c1ccccc1OC(F)F)C(F)(F)C(F)(F)C(F)(F)F. The minimum atomic E-state index is -6.72. The van der Waals surface area contributed by atoms with E-state index < -0.39 is 41.7 Å². The number of rotatable bonds is 5. The van der Waals surface area contributed by atoms with E-state index in [9.17, 15) is 44.3 Å². The summed E-state index contributed by atoms with van der Waals surface area (Å²) in [4.78, 5) is 11.3. The van der Waals surface area contributed by atoms with Crippen LogP contribution in [0.1, 0.15) is 10.4 Å². The molecule has 0 aliphatic rings. The van der Waals surface area contributed by atoms with Gasteiger partial charge in [-0.25, -0.2) is 0 Å². The summed E-state index contributed by atoms with van der Waals surface area (Å²) in [6.07, 6.45) is -6.72. The Morgan fingerprint density at radius 3 is 1.91 bits per heavy atom. The molecule has 0 atom stereocenters. The number of carbonyl (C=O) groups is 1. The summed E-state index contributed by atoms with van der Waals surface area (Å²) in [7, 11) is 0. The van der Waals surface area contributed by atoms with Crippen molar-refractivity contribution in [2.24, 2.45) is 0 Å². The van der Waals surface area contributed by atoms with Crippen molar-refractivity contribution in [1.29, 1.82) is 0 Å². The van der Waals surface area contributed by atoms with E-state index in [1.165, 1.54) is 0 Å². The van der Waals surface area contributed by atoms with Crippen LogP contribution < -0.4 is 4.74 Å². The number of carbonyl (C=O) groups excluding carboxylic acids is 1. The van der Waals surface area contributed by atoms with Crippen LogP contribution >= 0.6 is 0 Å². The van der Waals surface area contributed by atoms with Crippen LogP contribution in [-0.4, -0.2) is 30.4 Å². The molecule has 2 nitrogen and oxygen atoms in total. The average molecular weight is 340 g/mol. The van der Waals surface area contributed by atoms with Crippen molar-refractivity contribution in [2.75, 3.05) is 0 Å². The molecule has 0 saturated heterocycles. The molecule has 22 heavy (non-hydrogen) atoms. The Labute approximate surface area is 116 Å². The second-order valence-electron chi connectivity index (χ2n) is 3.85. The quantitative estimate of drug-likeness (QED) is 0.590. The molecular weight excluding hydrogens is 335 g/mol. The second kappa shape index (κ2) is 5.69. The van der Waals surface area contributed by atoms with E-state index in [4.69, 9.17) is 0 Å². The molecule has 1 rings (SSSR count). The van der Waals surface area contributed by atoms with Crippen molar-refractivity contribution in [1.82, 2.24) is 0 Å². The number of benzene rings is 1. The van der Waals surface area contributed by atoms with Gasteiger partial charge < -0.3 is 4.74 Å². The van der Waals surface area contributed by atoms with E-state index in [2.05, 4.69) is 4.74 Å². The van der Waals surface area contributed by atoms with Gasteiger partial charge in [0.2, 0.25) is 5.78 Å². The summed E-state index contributed by atoms with van der Waals surface area (Å²) < 4.78 is 116. The lowest BCUT2D eigenvalue weighted by Crippen LogP contribution is -2.56. The number of para-hydroxylation sites is 1. The number of halogens is 9. The molecule has 0 spiro atoms. The topological polar surface area (TPSA) is 26.3 Å². The van der Waals surface area contributed by atoms with Crippen LogP contribution in [0.3, 0.4) is 0 Å². The van der Waals surface area contributed by atoms with Gasteiger partial charge in [-0.05, 0) is 12.1 Å². The monoisotopic (exact) mass is 340 g/mol. The van der Waals surface area contributed by atoms with Gasteiger partial charge in [0, 0.05) is 0 Å². The maximum atomic E-state index is 13.2. The molecule has 0 N–H and O–H groups in total. The molecule has 0 radical (unpaired) electrons. The first-order chi connectivity index (χ1) is 9.82. The fraction of sp³-hybridized carbons (Fsp3) is 0.364. The molecule has 0 fully saturated rings. The van der Waals surface area contributed by atoms with Crippen LogP contribution in [0.2, 0.25) is 0 Å². The molecule has 124 valence electrons. The highest BCUT2D eigenvalue weighted by Crippen LogP contribution is 2.48. The van der Waals surface area contributed by atoms with Gasteiger partial charge in [0.05, 0.1) is 5.56 Å². The summed E-state index contributed by atoms with van der Waals surface area (Å²) in [5.74, 6) is -17.1. The first-order valence-corrected chi connectivity index (χ1v) is 5.23. The van der Waals surface area contributed by atoms with Crippen molar-refractivity contribution >= 4 is 5.78 Å². The van der Waals surface area contributed by atoms with E-state index in [1.807, 2.05) is 0 Å². The lowest BCUT2D eigenvalue weighted by molar-refractivity contribution is -0.339. The van der Waals surface area contributed by atoms with Gasteiger partial charge in [0.1, 0.15) is 5.75 Å². The maximum Gasteiger partial charge on any atom is 0.460 e. The fourth-order valence-electron chi connectivity index (χ4n) is 1.34. The number of hydrogen-bond acceptors (Lipinski definition) is 2. The molecule has 0 saturated carbocycles. The molecule has 0 unspecified atom stereocenters. The van der Waals surface area contributed by atoms with Gasteiger partial charge >= 0.3 is 24.6 Å².